The number of alkyl halides is 5. The normalized spacial score (nSPS) is 13.9. The molecule has 1 unspecified atom stereocenters. The quantitative estimate of drug-likeness (QED) is 0.525. The molecule has 0 radical (unpaired) electrons. The minimum absolute atomic E-state index is 0.266. The highest BCUT2D eigenvalue weighted by atomic mass is 32.2. The van der Waals surface area contributed by atoms with Gasteiger partial charge in [0, 0.05) is 5.75 Å². The molecule has 0 bridgehead atoms. The van der Waals surface area contributed by atoms with Gasteiger partial charge in [-0.05, 0) is 12.1 Å². The Morgan fingerprint density at radius 3 is 2.35 bits per heavy atom. The average Bonchev–Trinajstić information content (AvgIpc) is 2.46. The first-order valence-electron chi connectivity index (χ1n) is 6.17. The van der Waals surface area contributed by atoms with E-state index in [2.05, 4.69) is 9.72 Å². The molecule has 0 aliphatic carbocycles. The Bertz CT molecular complexity index is 648. The van der Waals surface area contributed by atoms with Gasteiger partial charge in [-0.3, -0.25) is 4.79 Å². The van der Waals surface area contributed by atoms with Gasteiger partial charge in [0.05, 0.1) is 6.20 Å². The summed E-state index contributed by atoms with van der Waals surface area (Å²) in [6.07, 6.45) is -12.0. The number of aromatic nitrogens is 1. The van der Waals surface area contributed by atoms with Crippen LogP contribution >= 0.6 is 0 Å². The molecule has 0 spiro atoms. The van der Waals surface area contributed by atoms with Gasteiger partial charge in [-0.15, -0.1) is 0 Å². The molecule has 0 N–H and O–H groups in total. The summed E-state index contributed by atoms with van der Waals surface area (Å²) in [7, 11) is -3.60. The summed E-state index contributed by atoms with van der Waals surface area (Å²) in [5.41, 5.74) is -0.344. The SMILES string of the molecule is CCS(=O)(=O)CC(=O)c1ccc(OC(F)(F)C(F)C(F)F)cn1. The molecular formula is C12H12F5NO4S. The number of carbonyl (C=O) groups is 1. The van der Waals surface area contributed by atoms with E-state index in [1.807, 2.05) is 0 Å². The maximum Gasteiger partial charge on any atom is 0.435 e. The number of ketones is 1. The van der Waals surface area contributed by atoms with Crippen LogP contribution in [0.1, 0.15) is 17.4 Å². The zero-order valence-corrected chi connectivity index (χ0v) is 12.5. The fourth-order valence-electron chi connectivity index (χ4n) is 1.34. The van der Waals surface area contributed by atoms with Crippen molar-refractivity contribution in [2.24, 2.45) is 0 Å². The van der Waals surface area contributed by atoms with E-state index in [4.69, 9.17) is 0 Å². The molecular weight excluding hydrogens is 349 g/mol. The van der Waals surface area contributed by atoms with Gasteiger partial charge in [0.2, 0.25) is 0 Å². The van der Waals surface area contributed by atoms with Crippen LogP contribution in [0.2, 0.25) is 0 Å². The van der Waals surface area contributed by atoms with Gasteiger partial charge in [-0.2, -0.15) is 8.78 Å². The molecule has 23 heavy (non-hydrogen) atoms. The Morgan fingerprint density at radius 1 is 1.30 bits per heavy atom. The van der Waals surface area contributed by atoms with Crippen molar-refractivity contribution in [3.8, 4) is 5.75 Å². The van der Waals surface area contributed by atoms with Crippen LogP contribution in [-0.2, 0) is 9.84 Å². The predicted molar refractivity (Wildman–Crippen MR) is 69.4 cm³/mol. The topological polar surface area (TPSA) is 73.3 Å². The maximum absolute atomic E-state index is 13.0. The first-order chi connectivity index (χ1) is 10.5. The smallest absolute Gasteiger partial charge is 0.429 e. The molecule has 0 saturated heterocycles. The first-order valence-corrected chi connectivity index (χ1v) is 7.99. The summed E-state index contributed by atoms with van der Waals surface area (Å²) >= 11 is 0. The van der Waals surface area contributed by atoms with Crippen molar-refractivity contribution in [3.05, 3.63) is 24.0 Å². The van der Waals surface area contributed by atoms with Crippen LogP contribution in [0, 0.1) is 0 Å². The molecule has 11 heteroatoms. The molecule has 0 saturated carbocycles. The van der Waals surface area contributed by atoms with Crippen LogP contribution in [0.3, 0.4) is 0 Å². The number of sulfone groups is 1. The minimum atomic E-state index is -4.78. The van der Waals surface area contributed by atoms with E-state index in [0.29, 0.717) is 6.20 Å². The van der Waals surface area contributed by atoms with Gasteiger partial charge in [0.1, 0.15) is 17.2 Å². The summed E-state index contributed by atoms with van der Waals surface area (Å²) in [6.45, 7) is 1.34. The number of rotatable bonds is 8. The number of ether oxygens (including phenoxy) is 1. The Morgan fingerprint density at radius 2 is 1.91 bits per heavy atom. The summed E-state index contributed by atoms with van der Waals surface area (Å²) in [4.78, 5) is 15.0. The van der Waals surface area contributed by atoms with Crippen molar-refractivity contribution in [1.29, 1.82) is 0 Å². The van der Waals surface area contributed by atoms with Crippen LogP contribution in [0.15, 0.2) is 18.3 Å². The number of halogens is 5. The second kappa shape index (κ2) is 7.20. The Kier molecular flexibility index (Phi) is 6.03. The lowest BCUT2D eigenvalue weighted by Crippen LogP contribution is -2.40. The highest BCUT2D eigenvalue weighted by Gasteiger charge is 2.49. The van der Waals surface area contributed by atoms with Crippen LogP contribution < -0.4 is 4.74 Å². The third-order valence-corrected chi connectivity index (χ3v) is 4.19. The summed E-state index contributed by atoms with van der Waals surface area (Å²) in [6, 6.07) is 1.64. The standard InChI is InChI=1S/C12H12F5NO4S/c1-2-23(20,21)6-9(19)8-4-3-7(5-18-8)22-12(16,17)10(13)11(14)15/h3-5,10-11H,2,6H2,1H3. The Labute approximate surface area is 128 Å². The zero-order valence-electron chi connectivity index (χ0n) is 11.7. The van der Waals surface area contributed by atoms with Crippen molar-refractivity contribution in [1.82, 2.24) is 4.98 Å². The largest absolute Gasteiger partial charge is 0.435 e. The number of nitrogens with zero attached hydrogens (tertiary/aromatic N) is 1. The fourth-order valence-corrected chi connectivity index (χ4v) is 2.09. The van der Waals surface area contributed by atoms with Crippen molar-refractivity contribution in [2.75, 3.05) is 11.5 Å². The summed E-state index contributed by atoms with van der Waals surface area (Å²) in [5, 5.41) is 0. The molecule has 0 aliphatic rings. The number of Topliss-reactive ketones (excluding diaryl/α,β-unsaturated/α-hetero) is 1. The van der Waals surface area contributed by atoms with Crippen LogP contribution in [0.25, 0.3) is 0 Å². The number of hydrogen-bond acceptors (Lipinski definition) is 5. The third-order valence-electron chi connectivity index (χ3n) is 2.61. The van der Waals surface area contributed by atoms with E-state index >= 15 is 0 Å². The molecule has 5 nitrogen and oxygen atoms in total. The second-order valence-electron chi connectivity index (χ2n) is 4.38. The van der Waals surface area contributed by atoms with E-state index in [9.17, 15) is 35.2 Å². The monoisotopic (exact) mass is 361 g/mol. The number of pyridine rings is 1. The predicted octanol–water partition coefficient (Wildman–Crippen LogP) is 2.27. The number of carbonyl (C=O) groups excluding carboxylic acids is 1. The van der Waals surface area contributed by atoms with Crippen LogP contribution in [-0.4, -0.2) is 49.4 Å². The zero-order chi connectivity index (χ0) is 17.8. The molecule has 0 aliphatic heterocycles. The first kappa shape index (κ1) is 19.3. The second-order valence-corrected chi connectivity index (χ2v) is 6.73. The highest BCUT2D eigenvalue weighted by molar-refractivity contribution is 7.92. The van der Waals surface area contributed by atoms with Gasteiger partial charge >= 0.3 is 6.11 Å². The van der Waals surface area contributed by atoms with Crippen molar-refractivity contribution in [3.63, 3.8) is 0 Å². The lowest BCUT2D eigenvalue weighted by atomic mass is 10.3. The maximum atomic E-state index is 13.0. The third kappa shape index (κ3) is 5.41. The van der Waals surface area contributed by atoms with Gasteiger partial charge in [0.25, 0.3) is 12.6 Å². The van der Waals surface area contributed by atoms with E-state index in [1.54, 1.807) is 0 Å². The molecule has 1 rings (SSSR count). The van der Waals surface area contributed by atoms with E-state index in [1.165, 1.54) is 6.92 Å². The lowest BCUT2D eigenvalue weighted by Gasteiger charge is -2.20. The van der Waals surface area contributed by atoms with Gasteiger partial charge in [-0.25, -0.2) is 26.6 Å². The van der Waals surface area contributed by atoms with Crippen molar-refractivity contribution >= 4 is 15.6 Å². The van der Waals surface area contributed by atoms with E-state index in [-0.39, 0.29) is 11.4 Å². The summed E-state index contributed by atoms with van der Waals surface area (Å²) < 4.78 is 89.0. The highest BCUT2D eigenvalue weighted by Crippen LogP contribution is 2.29. The molecule has 1 atom stereocenters. The van der Waals surface area contributed by atoms with E-state index in [0.717, 1.165) is 12.1 Å². The molecule has 0 aromatic carbocycles. The molecule has 1 aromatic rings. The minimum Gasteiger partial charge on any atom is -0.429 e. The van der Waals surface area contributed by atoms with Crippen molar-refractivity contribution in [2.45, 2.75) is 25.6 Å². The molecule has 1 heterocycles. The molecule has 0 amide bonds. The van der Waals surface area contributed by atoms with E-state index < -0.39 is 45.8 Å². The Balaban J connectivity index is 2.83. The summed E-state index contributed by atoms with van der Waals surface area (Å²) in [5.74, 6) is -2.71. The molecule has 130 valence electrons. The molecule has 1 aromatic heterocycles. The fraction of sp³-hybridized carbons (Fsp3) is 0.500. The average molecular weight is 361 g/mol. The lowest BCUT2D eigenvalue weighted by molar-refractivity contribution is -0.244. The molecule has 0 fully saturated rings. The van der Waals surface area contributed by atoms with Gasteiger partial charge in [0.15, 0.2) is 15.6 Å². The van der Waals surface area contributed by atoms with Gasteiger partial charge < -0.3 is 4.74 Å². The number of hydrogen-bond donors (Lipinski definition) is 0. The van der Waals surface area contributed by atoms with Crippen LogP contribution in [0.4, 0.5) is 22.0 Å². The van der Waals surface area contributed by atoms with Crippen molar-refractivity contribution < 1.29 is 39.9 Å². The van der Waals surface area contributed by atoms with Crippen LogP contribution in [0.5, 0.6) is 5.75 Å². The van der Waals surface area contributed by atoms with Gasteiger partial charge in [-0.1, -0.05) is 6.92 Å². The Hall–Kier alpha value is -1.78.